The molecule has 1 aromatic carbocycles. The minimum Gasteiger partial charge on any atom is -0.497 e. The zero-order chi connectivity index (χ0) is 14.0. The topological polar surface area (TPSA) is 81.4 Å². The fourth-order valence-corrected chi connectivity index (χ4v) is 3.22. The minimum absolute atomic E-state index is 0.0231. The maximum absolute atomic E-state index is 12.2. The first-order valence-corrected chi connectivity index (χ1v) is 7.15. The highest BCUT2D eigenvalue weighted by Gasteiger charge is 2.27. The Kier molecular flexibility index (Phi) is 4.61. The molecule has 0 aliphatic rings. The largest absolute Gasteiger partial charge is 0.497 e. The third-order valence-corrected chi connectivity index (χ3v) is 4.53. The van der Waals surface area contributed by atoms with Crippen molar-refractivity contribution < 1.29 is 13.2 Å². The van der Waals surface area contributed by atoms with E-state index < -0.39 is 15.6 Å². The lowest BCUT2D eigenvalue weighted by molar-refractivity contribution is 0.413. The first-order valence-electron chi connectivity index (χ1n) is 5.29. The summed E-state index contributed by atoms with van der Waals surface area (Å²) in [6, 6.07) is 4.44. The third kappa shape index (κ3) is 3.58. The molecule has 0 aromatic heterocycles. The molecule has 0 amide bonds. The molecule has 0 atom stereocenters. The molecule has 0 radical (unpaired) electrons. The first kappa shape index (κ1) is 15.2. The average Bonchev–Trinajstić information content (AvgIpc) is 2.28. The number of rotatable bonds is 5. The summed E-state index contributed by atoms with van der Waals surface area (Å²) in [5.41, 5.74) is 4.76. The van der Waals surface area contributed by atoms with Crippen molar-refractivity contribution in [1.82, 2.24) is 4.72 Å². The molecule has 0 bridgehead atoms. The first-order chi connectivity index (χ1) is 8.22. The summed E-state index contributed by atoms with van der Waals surface area (Å²) >= 11 is 5.90. The van der Waals surface area contributed by atoms with Crippen molar-refractivity contribution in [2.75, 3.05) is 13.7 Å². The van der Waals surface area contributed by atoms with Crippen LogP contribution in [0, 0.1) is 0 Å². The van der Waals surface area contributed by atoms with Gasteiger partial charge in [0.05, 0.1) is 12.1 Å². The number of ether oxygens (including phenoxy) is 1. The number of hydrogen-bond acceptors (Lipinski definition) is 4. The van der Waals surface area contributed by atoms with Gasteiger partial charge in [-0.1, -0.05) is 11.6 Å². The van der Waals surface area contributed by atoms with Gasteiger partial charge >= 0.3 is 0 Å². The Labute approximate surface area is 112 Å². The molecule has 3 N–H and O–H groups in total. The van der Waals surface area contributed by atoms with Gasteiger partial charge in [0.1, 0.15) is 10.6 Å². The van der Waals surface area contributed by atoms with Crippen molar-refractivity contribution in [2.24, 2.45) is 5.73 Å². The van der Waals surface area contributed by atoms with E-state index in [1.54, 1.807) is 19.9 Å². The quantitative estimate of drug-likeness (QED) is 0.859. The van der Waals surface area contributed by atoms with Crippen LogP contribution in [0.4, 0.5) is 0 Å². The Morgan fingerprint density at radius 1 is 1.44 bits per heavy atom. The molecule has 5 nitrogen and oxygen atoms in total. The van der Waals surface area contributed by atoms with Crippen molar-refractivity contribution in [3.05, 3.63) is 23.2 Å². The smallest absolute Gasteiger partial charge is 0.242 e. The van der Waals surface area contributed by atoms with Gasteiger partial charge in [-0.05, 0) is 26.0 Å². The molecule has 0 aliphatic carbocycles. The molecule has 1 rings (SSSR count). The molecule has 0 saturated heterocycles. The van der Waals surface area contributed by atoms with Gasteiger partial charge in [-0.2, -0.15) is 0 Å². The second kappa shape index (κ2) is 5.44. The number of nitrogens with one attached hydrogen (secondary N) is 1. The van der Waals surface area contributed by atoms with E-state index in [0.29, 0.717) is 5.75 Å². The van der Waals surface area contributed by atoms with Crippen LogP contribution in [0.1, 0.15) is 13.8 Å². The molecular weight excluding hydrogens is 276 g/mol. The predicted molar refractivity (Wildman–Crippen MR) is 71.5 cm³/mol. The van der Waals surface area contributed by atoms with Gasteiger partial charge in [0.2, 0.25) is 10.0 Å². The molecule has 0 aliphatic heterocycles. The molecule has 1 aromatic rings. The van der Waals surface area contributed by atoms with E-state index in [4.69, 9.17) is 22.1 Å². The molecule has 7 heteroatoms. The lowest BCUT2D eigenvalue weighted by Crippen LogP contribution is -2.48. The van der Waals surface area contributed by atoms with Crippen LogP contribution in [-0.4, -0.2) is 27.6 Å². The highest BCUT2D eigenvalue weighted by Crippen LogP contribution is 2.26. The van der Waals surface area contributed by atoms with Gasteiger partial charge in [-0.25, -0.2) is 13.1 Å². The van der Waals surface area contributed by atoms with Crippen LogP contribution in [-0.2, 0) is 10.0 Å². The van der Waals surface area contributed by atoms with Crippen molar-refractivity contribution in [3.8, 4) is 5.75 Å². The number of sulfonamides is 1. The van der Waals surface area contributed by atoms with E-state index in [1.165, 1.54) is 19.2 Å². The second-order valence-corrected chi connectivity index (χ2v) is 6.55. The number of benzene rings is 1. The zero-order valence-corrected chi connectivity index (χ0v) is 12.1. The Morgan fingerprint density at radius 2 is 2.06 bits per heavy atom. The van der Waals surface area contributed by atoms with E-state index in [-0.39, 0.29) is 16.5 Å². The monoisotopic (exact) mass is 292 g/mol. The van der Waals surface area contributed by atoms with E-state index >= 15 is 0 Å². The van der Waals surface area contributed by atoms with E-state index in [1.807, 2.05) is 0 Å². The number of methoxy groups -OCH3 is 1. The summed E-state index contributed by atoms with van der Waals surface area (Å²) in [5, 5.41) is 0.135. The third-order valence-electron chi connectivity index (χ3n) is 2.35. The van der Waals surface area contributed by atoms with Gasteiger partial charge in [0.25, 0.3) is 0 Å². The zero-order valence-electron chi connectivity index (χ0n) is 10.5. The van der Waals surface area contributed by atoms with Crippen LogP contribution in [0.15, 0.2) is 23.1 Å². The standard InChI is InChI=1S/C11H17ClN2O3S/c1-11(2,7-13)14-18(15,16)10-6-8(17-3)4-5-9(10)12/h4-6,14H,7,13H2,1-3H3. The second-order valence-electron chi connectivity index (χ2n) is 4.49. The summed E-state index contributed by atoms with van der Waals surface area (Å²) in [7, 11) is -2.28. The number of halogens is 1. The maximum Gasteiger partial charge on any atom is 0.242 e. The highest BCUT2D eigenvalue weighted by molar-refractivity contribution is 7.89. The Morgan fingerprint density at radius 3 is 2.56 bits per heavy atom. The van der Waals surface area contributed by atoms with Crippen molar-refractivity contribution in [2.45, 2.75) is 24.3 Å². The molecule has 102 valence electrons. The molecule has 0 unspecified atom stereocenters. The lowest BCUT2D eigenvalue weighted by atomic mass is 10.1. The lowest BCUT2D eigenvalue weighted by Gasteiger charge is -2.24. The fourth-order valence-electron chi connectivity index (χ4n) is 1.28. The van der Waals surface area contributed by atoms with Crippen LogP contribution in [0.5, 0.6) is 5.75 Å². The maximum atomic E-state index is 12.2. The average molecular weight is 293 g/mol. The summed E-state index contributed by atoms with van der Waals surface area (Å²) < 4.78 is 31.9. The Bertz CT molecular complexity index is 529. The molecule has 0 fully saturated rings. The van der Waals surface area contributed by atoms with Gasteiger partial charge in [0.15, 0.2) is 0 Å². The van der Waals surface area contributed by atoms with Crippen molar-refractivity contribution in [1.29, 1.82) is 0 Å². The van der Waals surface area contributed by atoms with E-state index in [2.05, 4.69) is 4.72 Å². The Balaban J connectivity index is 3.20. The SMILES string of the molecule is COc1ccc(Cl)c(S(=O)(=O)NC(C)(C)CN)c1. The van der Waals surface area contributed by atoms with E-state index in [9.17, 15) is 8.42 Å². The van der Waals surface area contributed by atoms with Gasteiger partial charge in [0, 0.05) is 18.2 Å². The number of nitrogens with two attached hydrogens (primary N) is 1. The van der Waals surface area contributed by atoms with Crippen LogP contribution >= 0.6 is 11.6 Å². The number of hydrogen-bond donors (Lipinski definition) is 2. The molecule has 18 heavy (non-hydrogen) atoms. The summed E-state index contributed by atoms with van der Waals surface area (Å²) in [5.74, 6) is 0.422. The van der Waals surface area contributed by atoms with Crippen LogP contribution < -0.4 is 15.2 Å². The summed E-state index contributed by atoms with van der Waals surface area (Å²) in [6.45, 7) is 3.56. The van der Waals surface area contributed by atoms with Crippen molar-refractivity contribution in [3.63, 3.8) is 0 Å². The molecule has 0 heterocycles. The summed E-state index contributed by atoms with van der Waals surface area (Å²) in [4.78, 5) is -0.0231. The fraction of sp³-hybridized carbons (Fsp3) is 0.455. The Hall–Kier alpha value is -0.820. The van der Waals surface area contributed by atoms with Gasteiger partial charge < -0.3 is 10.5 Å². The van der Waals surface area contributed by atoms with Crippen LogP contribution in [0.25, 0.3) is 0 Å². The van der Waals surface area contributed by atoms with Crippen molar-refractivity contribution >= 4 is 21.6 Å². The molecule has 0 saturated carbocycles. The summed E-state index contributed by atoms with van der Waals surface area (Å²) in [6.07, 6.45) is 0. The molecular formula is C11H17ClN2O3S. The predicted octanol–water partition coefficient (Wildman–Crippen LogP) is 1.36. The van der Waals surface area contributed by atoms with Gasteiger partial charge in [-0.15, -0.1) is 0 Å². The van der Waals surface area contributed by atoms with Gasteiger partial charge in [-0.3, -0.25) is 0 Å². The highest BCUT2D eigenvalue weighted by atomic mass is 35.5. The molecule has 0 spiro atoms. The minimum atomic E-state index is -3.74. The normalized spacial score (nSPS) is 12.5. The van der Waals surface area contributed by atoms with Crippen LogP contribution in [0.3, 0.4) is 0 Å². The van der Waals surface area contributed by atoms with Crippen LogP contribution in [0.2, 0.25) is 5.02 Å². The van der Waals surface area contributed by atoms with E-state index in [0.717, 1.165) is 0 Å².